The molecule has 0 aliphatic carbocycles. The Morgan fingerprint density at radius 3 is 2.11 bits per heavy atom. The molecule has 37 heavy (non-hydrogen) atoms. The molecule has 0 bridgehead atoms. The number of benzene rings is 3. The van der Waals surface area contributed by atoms with Crippen molar-refractivity contribution in [2.45, 2.75) is 6.04 Å². The zero-order valence-electron chi connectivity index (χ0n) is 20.8. The van der Waals surface area contributed by atoms with E-state index in [2.05, 4.69) is 9.69 Å². The van der Waals surface area contributed by atoms with Crippen molar-refractivity contribution in [3.8, 4) is 45.4 Å². The van der Waals surface area contributed by atoms with Crippen LogP contribution in [0.4, 0.5) is 5.69 Å². The van der Waals surface area contributed by atoms with Gasteiger partial charge in [0.2, 0.25) is 11.7 Å². The molecular formula is C27H28ClN3O5S. The van der Waals surface area contributed by atoms with Crippen LogP contribution in [0.3, 0.4) is 0 Å². The predicted molar refractivity (Wildman–Crippen MR) is 148 cm³/mol. The molecule has 194 valence electrons. The minimum Gasteiger partial charge on any atom is -0.495 e. The van der Waals surface area contributed by atoms with Gasteiger partial charge in [-0.1, -0.05) is 36.4 Å². The maximum Gasteiger partial charge on any atom is 0.245 e. The lowest BCUT2D eigenvalue weighted by Gasteiger charge is -2.16. The maximum atomic E-state index is 12.9. The average Bonchev–Trinajstić information content (AvgIpc) is 3.42. The minimum absolute atomic E-state index is 0. The standard InChI is InChI=1S/C27H27N3O5S.ClH/c1-32-21-11-10-17(12-20(21)29-27(31)24(28)16-8-6-5-7-9-16)19-15-36-30-25(19)18-13-22(33-2)26(35-4)23(14-18)34-3;/h5-15,24H,28H2,1-4H3,(H,29,31);1H. The summed E-state index contributed by atoms with van der Waals surface area (Å²) >= 11 is 1.32. The van der Waals surface area contributed by atoms with E-state index in [0.29, 0.717) is 28.7 Å². The van der Waals surface area contributed by atoms with Gasteiger partial charge in [0.25, 0.3) is 0 Å². The molecule has 4 rings (SSSR count). The molecule has 0 radical (unpaired) electrons. The predicted octanol–water partition coefficient (Wildman–Crippen LogP) is 5.57. The Bertz CT molecular complexity index is 1340. The van der Waals surface area contributed by atoms with Crippen LogP contribution in [0.1, 0.15) is 11.6 Å². The fourth-order valence-electron chi connectivity index (χ4n) is 3.86. The summed E-state index contributed by atoms with van der Waals surface area (Å²) in [6, 6.07) is 17.6. The lowest BCUT2D eigenvalue weighted by atomic mass is 10.00. The first kappa shape index (κ1) is 27.8. The largest absolute Gasteiger partial charge is 0.495 e. The molecule has 0 saturated heterocycles. The van der Waals surface area contributed by atoms with Gasteiger partial charge in [-0.05, 0) is 46.9 Å². The molecule has 4 aromatic rings. The third-order valence-electron chi connectivity index (χ3n) is 5.72. The summed E-state index contributed by atoms with van der Waals surface area (Å²) in [5.41, 5.74) is 10.7. The first-order valence-corrected chi connectivity index (χ1v) is 11.9. The van der Waals surface area contributed by atoms with E-state index in [0.717, 1.165) is 27.9 Å². The number of ether oxygens (including phenoxy) is 4. The van der Waals surface area contributed by atoms with Gasteiger partial charge in [-0.2, -0.15) is 4.37 Å². The number of nitrogens with two attached hydrogens (primary N) is 1. The second kappa shape index (κ2) is 12.4. The molecule has 8 nitrogen and oxygen atoms in total. The SMILES string of the molecule is COc1ccc(-c2csnc2-c2cc(OC)c(OC)c(OC)c2)cc1NC(=O)C(N)c1ccccc1.Cl. The summed E-state index contributed by atoms with van der Waals surface area (Å²) in [6.07, 6.45) is 0. The summed E-state index contributed by atoms with van der Waals surface area (Å²) in [4.78, 5) is 12.9. The van der Waals surface area contributed by atoms with E-state index in [9.17, 15) is 4.79 Å². The fraction of sp³-hybridized carbons (Fsp3) is 0.185. The van der Waals surface area contributed by atoms with E-state index in [-0.39, 0.29) is 18.3 Å². The van der Waals surface area contributed by atoms with Crippen LogP contribution in [0.25, 0.3) is 22.4 Å². The first-order chi connectivity index (χ1) is 17.5. The van der Waals surface area contributed by atoms with Gasteiger partial charge >= 0.3 is 0 Å². The van der Waals surface area contributed by atoms with Gasteiger partial charge < -0.3 is 30.0 Å². The zero-order valence-corrected chi connectivity index (χ0v) is 22.4. The van der Waals surface area contributed by atoms with Crippen molar-refractivity contribution in [1.82, 2.24) is 4.37 Å². The lowest BCUT2D eigenvalue weighted by Crippen LogP contribution is -2.27. The molecule has 0 spiro atoms. The molecule has 1 heterocycles. The highest BCUT2D eigenvalue weighted by Gasteiger charge is 2.21. The van der Waals surface area contributed by atoms with Gasteiger partial charge in [-0.25, -0.2) is 0 Å². The number of halogens is 1. The maximum absolute atomic E-state index is 12.9. The Hall–Kier alpha value is -3.79. The van der Waals surface area contributed by atoms with E-state index in [4.69, 9.17) is 24.7 Å². The summed E-state index contributed by atoms with van der Waals surface area (Å²) in [7, 11) is 6.25. The molecule has 0 aliphatic rings. The van der Waals surface area contributed by atoms with Gasteiger partial charge in [0.1, 0.15) is 11.8 Å². The molecule has 3 N–H and O–H groups in total. The van der Waals surface area contributed by atoms with E-state index >= 15 is 0 Å². The fourth-order valence-corrected chi connectivity index (χ4v) is 4.58. The second-order valence-corrected chi connectivity index (χ2v) is 8.41. The summed E-state index contributed by atoms with van der Waals surface area (Å²) in [5.74, 6) is 1.74. The number of hydrogen-bond acceptors (Lipinski definition) is 8. The van der Waals surface area contributed by atoms with Gasteiger partial charge in [-0.15, -0.1) is 12.4 Å². The quantitative estimate of drug-likeness (QED) is 0.285. The number of methoxy groups -OCH3 is 4. The number of nitrogens with zero attached hydrogens (tertiary/aromatic N) is 1. The molecular weight excluding hydrogens is 514 g/mol. The number of rotatable bonds is 9. The van der Waals surface area contributed by atoms with Crippen molar-refractivity contribution in [1.29, 1.82) is 0 Å². The van der Waals surface area contributed by atoms with Crippen LogP contribution in [0.2, 0.25) is 0 Å². The Morgan fingerprint density at radius 1 is 0.865 bits per heavy atom. The first-order valence-electron chi connectivity index (χ1n) is 11.0. The molecule has 0 aliphatic heterocycles. The van der Waals surface area contributed by atoms with E-state index < -0.39 is 6.04 Å². The normalized spacial score (nSPS) is 11.2. The third kappa shape index (κ3) is 5.80. The van der Waals surface area contributed by atoms with E-state index in [1.807, 2.05) is 60.0 Å². The zero-order chi connectivity index (χ0) is 25.7. The average molecular weight is 542 g/mol. The molecule has 1 atom stereocenters. The number of hydrogen-bond donors (Lipinski definition) is 2. The summed E-state index contributed by atoms with van der Waals surface area (Å²) < 4.78 is 26.6. The smallest absolute Gasteiger partial charge is 0.245 e. The molecule has 1 aromatic heterocycles. The van der Waals surface area contributed by atoms with Crippen LogP contribution in [-0.4, -0.2) is 38.7 Å². The Morgan fingerprint density at radius 2 is 1.51 bits per heavy atom. The number of nitrogens with one attached hydrogen (secondary N) is 1. The number of aromatic nitrogens is 1. The Kier molecular flexibility index (Phi) is 9.35. The summed E-state index contributed by atoms with van der Waals surface area (Å²) in [5, 5.41) is 4.86. The van der Waals surface area contributed by atoms with Crippen LogP contribution >= 0.6 is 23.9 Å². The number of amides is 1. The monoisotopic (exact) mass is 541 g/mol. The van der Waals surface area contributed by atoms with Crippen LogP contribution in [0, 0.1) is 0 Å². The van der Waals surface area contributed by atoms with Gasteiger partial charge in [0, 0.05) is 16.5 Å². The molecule has 1 amide bonds. The van der Waals surface area contributed by atoms with E-state index in [1.165, 1.54) is 11.5 Å². The highest BCUT2D eigenvalue weighted by Crippen LogP contribution is 2.44. The van der Waals surface area contributed by atoms with Crippen molar-refractivity contribution in [3.05, 3.63) is 71.6 Å². The number of carbonyl (C=O) groups excluding carboxylic acids is 1. The Labute approximate surface area is 225 Å². The molecule has 10 heteroatoms. The van der Waals surface area contributed by atoms with Gasteiger partial charge in [-0.3, -0.25) is 4.79 Å². The Balaban J connectivity index is 0.00000380. The van der Waals surface area contributed by atoms with E-state index in [1.54, 1.807) is 34.5 Å². The van der Waals surface area contributed by atoms with Crippen LogP contribution in [0.5, 0.6) is 23.0 Å². The van der Waals surface area contributed by atoms with Gasteiger partial charge in [0.05, 0.1) is 39.8 Å². The lowest BCUT2D eigenvalue weighted by molar-refractivity contribution is -0.117. The molecule has 0 saturated carbocycles. The second-order valence-electron chi connectivity index (χ2n) is 7.78. The minimum atomic E-state index is -0.822. The highest BCUT2D eigenvalue weighted by atomic mass is 35.5. The molecule has 0 fully saturated rings. The van der Waals surface area contributed by atoms with Gasteiger partial charge in [0.15, 0.2) is 11.5 Å². The number of anilines is 1. The topological polar surface area (TPSA) is 105 Å². The highest BCUT2D eigenvalue weighted by molar-refractivity contribution is 7.04. The molecule has 1 unspecified atom stereocenters. The van der Waals surface area contributed by atoms with Crippen LogP contribution in [0.15, 0.2) is 66.0 Å². The van der Waals surface area contributed by atoms with Crippen LogP contribution in [-0.2, 0) is 4.79 Å². The van der Waals surface area contributed by atoms with Crippen LogP contribution < -0.4 is 30.0 Å². The third-order valence-corrected chi connectivity index (χ3v) is 6.35. The van der Waals surface area contributed by atoms with Crippen molar-refractivity contribution >= 4 is 35.5 Å². The van der Waals surface area contributed by atoms with Crippen molar-refractivity contribution in [2.24, 2.45) is 5.73 Å². The molecule has 3 aromatic carbocycles. The van der Waals surface area contributed by atoms with Crippen molar-refractivity contribution in [3.63, 3.8) is 0 Å². The van der Waals surface area contributed by atoms with Crippen molar-refractivity contribution < 1.29 is 23.7 Å². The van der Waals surface area contributed by atoms with Crippen molar-refractivity contribution in [2.75, 3.05) is 33.8 Å². The number of carbonyl (C=O) groups is 1. The summed E-state index contributed by atoms with van der Waals surface area (Å²) in [6.45, 7) is 0.